The fraction of sp³-hybridized carbons (Fsp3) is 0.524. The molecule has 7 heteroatoms. The number of aliphatic hydroxyl groups is 1. The van der Waals surface area contributed by atoms with E-state index in [2.05, 4.69) is 55.0 Å². The second kappa shape index (κ2) is 8.86. The average molecular weight is 383 g/mol. The van der Waals surface area contributed by atoms with Crippen LogP contribution in [0.3, 0.4) is 0 Å². The molecule has 0 spiro atoms. The lowest BCUT2D eigenvalue weighted by Crippen LogP contribution is -2.59. The predicted octanol–water partition coefficient (Wildman–Crippen LogP) is 0.859. The van der Waals surface area contributed by atoms with Crippen molar-refractivity contribution in [3.8, 4) is 0 Å². The minimum atomic E-state index is -0.374. The van der Waals surface area contributed by atoms with Crippen molar-refractivity contribution in [2.45, 2.75) is 25.0 Å². The van der Waals surface area contributed by atoms with Gasteiger partial charge in [0.1, 0.15) is 5.82 Å². The van der Waals surface area contributed by atoms with E-state index in [0.29, 0.717) is 6.54 Å². The molecular formula is C21H30N6O. The Labute approximate surface area is 166 Å². The molecule has 7 nitrogen and oxygen atoms in total. The normalized spacial score (nSPS) is 24.4. The van der Waals surface area contributed by atoms with Crippen LogP contribution in [0.5, 0.6) is 0 Å². The van der Waals surface area contributed by atoms with E-state index in [9.17, 15) is 5.11 Å². The van der Waals surface area contributed by atoms with Crippen LogP contribution in [0, 0.1) is 0 Å². The molecule has 150 valence electrons. The standard InChI is InChI=1S/C21H30N6O/c22-21-23-9-6-20(24-21)27-11-8-18(19(28)16-27)26-14-12-25(13-15-26)10-7-17-4-2-1-3-5-17/h1-6,9,18-19,28H,7-8,10-16H2,(H2,22,23,24)/t18-,19-/m1/s1. The van der Waals surface area contributed by atoms with E-state index in [1.807, 2.05) is 6.07 Å². The number of rotatable bonds is 5. The number of benzene rings is 1. The highest BCUT2D eigenvalue weighted by atomic mass is 16.3. The topological polar surface area (TPSA) is 81.8 Å². The second-order valence-electron chi connectivity index (χ2n) is 7.76. The number of aromatic nitrogens is 2. The number of aliphatic hydroxyl groups excluding tert-OH is 1. The summed E-state index contributed by atoms with van der Waals surface area (Å²) in [5.41, 5.74) is 7.10. The summed E-state index contributed by atoms with van der Waals surface area (Å²) in [4.78, 5) is 15.3. The Balaban J connectivity index is 1.25. The van der Waals surface area contributed by atoms with Gasteiger partial charge >= 0.3 is 0 Å². The first kappa shape index (κ1) is 19.1. The van der Waals surface area contributed by atoms with Crippen molar-refractivity contribution < 1.29 is 5.11 Å². The van der Waals surface area contributed by atoms with Gasteiger partial charge in [-0.05, 0) is 24.5 Å². The van der Waals surface area contributed by atoms with Crippen molar-refractivity contribution >= 4 is 11.8 Å². The number of anilines is 2. The molecule has 1 aromatic heterocycles. The Kier molecular flexibility index (Phi) is 6.04. The Bertz CT molecular complexity index is 750. The maximum absolute atomic E-state index is 10.8. The molecule has 2 saturated heterocycles. The lowest BCUT2D eigenvalue weighted by Gasteiger charge is -2.45. The average Bonchev–Trinajstić information content (AvgIpc) is 2.73. The predicted molar refractivity (Wildman–Crippen MR) is 111 cm³/mol. The third kappa shape index (κ3) is 4.60. The first-order valence-electron chi connectivity index (χ1n) is 10.2. The summed E-state index contributed by atoms with van der Waals surface area (Å²) < 4.78 is 0. The van der Waals surface area contributed by atoms with Crippen LogP contribution in [0.25, 0.3) is 0 Å². The quantitative estimate of drug-likeness (QED) is 0.794. The molecule has 2 aliphatic rings. The van der Waals surface area contributed by atoms with Gasteiger partial charge in [-0.3, -0.25) is 4.90 Å². The molecule has 4 rings (SSSR count). The second-order valence-corrected chi connectivity index (χ2v) is 7.76. The van der Waals surface area contributed by atoms with Crippen LogP contribution in [-0.2, 0) is 6.42 Å². The maximum Gasteiger partial charge on any atom is 0.221 e. The van der Waals surface area contributed by atoms with Crippen molar-refractivity contribution in [3.63, 3.8) is 0 Å². The van der Waals surface area contributed by atoms with E-state index < -0.39 is 0 Å². The van der Waals surface area contributed by atoms with E-state index in [1.165, 1.54) is 5.56 Å². The monoisotopic (exact) mass is 382 g/mol. The number of nitrogens with two attached hydrogens (primary N) is 1. The molecule has 2 fully saturated rings. The van der Waals surface area contributed by atoms with Gasteiger partial charge < -0.3 is 20.6 Å². The summed E-state index contributed by atoms with van der Waals surface area (Å²) in [5.74, 6) is 1.08. The molecule has 0 radical (unpaired) electrons. The smallest absolute Gasteiger partial charge is 0.221 e. The molecule has 3 heterocycles. The SMILES string of the molecule is Nc1nccc(N2CC[C@@H](N3CCN(CCc4ccccc4)CC3)[C@H](O)C2)n1. The van der Waals surface area contributed by atoms with Gasteiger partial charge in [0, 0.05) is 58.1 Å². The highest BCUT2D eigenvalue weighted by Crippen LogP contribution is 2.23. The van der Waals surface area contributed by atoms with Crippen molar-refractivity contribution in [1.82, 2.24) is 19.8 Å². The van der Waals surface area contributed by atoms with Gasteiger partial charge in [-0.25, -0.2) is 4.98 Å². The molecule has 0 saturated carbocycles. The van der Waals surface area contributed by atoms with Gasteiger partial charge in [0.2, 0.25) is 5.95 Å². The first-order valence-corrected chi connectivity index (χ1v) is 10.2. The van der Waals surface area contributed by atoms with Crippen LogP contribution in [-0.4, -0.2) is 82.8 Å². The van der Waals surface area contributed by atoms with Gasteiger partial charge in [0.05, 0.1) is 6.10 Å². The van der Waals surface area contributed by atoms with Crippen LogP contribution in [0.4, 0.5) is 11.8 Å². The zero-order valence-corrected chi connectivity index (χ0v) is 16.3. The lowest BCUT2D eigenvalue weighted by molar-refractivity contribution is 0.00968. The summed E-state index contributed by atoms with van der Waals surface area (Å²) in [7, 11) is 0. The summed E-state index contributed by atoms with van der Waals surface area (Å²) in [6.45, 7) is 6.77. The van der Waals surface area contributed by atoms with E-state index in [4.69, 9.17) is 5.73 Å². The van der Waals surface area contributed by atoms with Crippen molar-refractivity contribution in [3.05, 3.63) is 48.2 Å². The fourth-order valence-corrected chi connectivity index (χ4v) is 4.34. The van der Waals surface area contributed by atoms with Crippen molar-refractivity contribution in [2.24, 2.45) is 0 Å². The lowest BCUT2D eigenvalue weighted by atomic mass is 9.99. The molecule has 0 unspecified atom stereocenters. The molecule has 0 amide bonds. The van der Waals surface area contributed by atoms with E-state index in [1.54, 1.807) is 6.20 Å². The number of piperidine rings is 1. The summed E-state index contributed by atoms with van der Waals surface area (Å²) in [5, 5.41) is 10.8. The highest BCUT2D eigenvalue weighted by Gasteiger charge is 2.34. The summed E-state index contributed by atoms with van der Waals surface area (Å²) in [6, 6.07) is 12.8. The number of β-amino-alcohol motifs (C(OH)–C–C–N with tert-alkyl or cyclic N) is 1. The van der Waals surface area contributed by atoms with Gasteiger partial charge in [0.15, 0.2) is 0 Å². The highest BCUT2D eigenvalue weighted by molar-refractivity contribution is 5.41. The molecule has 28 heavy (non-hydrogen) atoms. The molecule has 0 aliphatic carbocycles. The van der Waals surface area contributed by atoms with Crippen LogP contribution in [0.1, 0.15) is 12.0 Å². The molecule has 2 aliphatic heterocycles. The molecule has 0 bridgehead atoms. The number of nitrogens with zero attached hydrogens (tertiary/aromatic N) is 5. The zero-order valence-electron chi connectivity index (χ0n) is 16.3. The third-order valence-corrected chi connectivity index (χ3v) is 5.97. The van der Waals surface area contributed by atoms with E-state index in [-0.39, 0.29) is 18.1 Å². The molecule has 3 N–H and O–H groups in total. The zero-order chi connectivity index (χ0) is 19.3. The Morgan fingerprint density at radius 3 is 2.54 bits per heavy atom. The third-order valence-electron chi connectivity index (χ3n) is 5.97. The number of hydrogen-bond donors (Lipinski definition) is 2. The van der Waals surface area contributed by atoms with Crippen LogP contribution >= 0.6 is 0 Å². The maximum atomic E-state index is 10.8. The van der Waals surface area contributed by atoms with Gasteiger partial charge in [-0.2, -0.15) is 4.98 Å². The van der Waals surface area contributed by atoms with Crippen LogP contribution in [0.2, 0.25) is 0 Å². The van der Waals surface area contributed by atoms with E-state index in [0.717, 1.165) is 57.9 Å². The first-order chi connectivity index (χ1) is 13.7. The minimum absolute atomic E-state index is 0.228. The van der Waals surface area contributed by atoms with Crippen LogP contribution in [0.15, 0.2) is 42.6 Å². The van der Waals surface area contributed by atoms with Gasteiger partial charge in [-0.15, -0.1) is 0 Å². The number of hydrogen-bond acceptors (Lipinski definition) is 7. The molecule has 2 aromatic rings. The molecule has 1 aromatic carbocycles. The van der Waals surface area contributed by atoms with Crippen molar-refractivity contribution in [1.29, 1.82) is 0 Å². The molecular weight excluding hydrogens is 352 g/mol. The fourth-order valence-electron chi connectivity index (χ4n) is 4.34. The van der Waals surface area contributed by atoms with Crippen LogP contribution < -0.4 is 10.6 Å². The Morgan fingerprint density at radius 2 is 1.82 bits per heavy atom. The Hall–Kier alpha value is -2.22. The molecule has 2 atom stereocenters. The summed E-state index contributed by atoms with van der Waals surface area (Å²) in [6.07, 6.45) is 3.34. The largest absolute Gasteiger partial charge is 0.390 e. The summed E-state index contributed by atoms with van der Waals surface area (Å²) >= 11 is 0. The van der Waals surface area contributed by atoms with Crippen molar-refractivity contribution in [2.75, 3.05) is 56.4 Å². The van der Waals surface area contributed by atoms with E-state index >= 15 is 0 Å². The van der Waals surface area contributed by atoms with Gasteiger partial charge in [0.25, 0.3) is 0 Å². The van der Waals surface area contributed by atoms with Gasteiger partial charge in [-0.1, -0.05) is 30.3 Å². The minimum Gasteiger partial charge on any atom is -0.390 e. The number of nitrogen functional groups attached to an aromatic ring is 1. The Morgan fingerprint density at radius 1 is 1.04 bits per heavy atom. The number of piperazine rings is 1.